The third-order valence-corrected chi connectivity index (χ3v) is 3.75. The van der Waals surface area contributed by atoms with Gasteiger partial charge in [0.25, 0.3) is 0 Å². The molecule has 0 saturated heterocycles. The zero-order chi connectivity index (χ0) is 13.0. The Hall–Kier alpha value is -0.540. The molecule has 1 unspecified atom stereocenters. The smallest absolute Gasteiger partial charge is 0.0764 e. The molecule has 1 aromatic heterocycles. The van der Waals surface area contributed by atoms with Crippen molar-refractivity contribution in [3.63, 3.8) is 0 Å². The number of hydrogen-bond donors (Lipinski definition) is 0. The summed E-state index contributed by atoms with van der Waals surface area (Å²) in [6.45, 7) is 3.81. The summed E-state index contributed by atoms with van der Waals surface area (Å²) in [6.07, 6.45) is 8.81. The molecule has 0 aliphatic heterocycles. The van der Waals surface area contributed by atoms with E-state index in [4.69, 9.17) is 16.7 Å². The predicted octanol–water partition coefficient (Wildman–Crippen LogP) is 3.45. The first-order valence-electron chi connectivity index (χ1n) is 7.02. The van der Waals surface area contributed by atoms with E-state index in [1.54, 1.807) is 0 Å². The van der Waals surface area contributed by atoms with Crippen molar-refractivity contribution in [1.82, 2.24) is 14.7 Å². The first-order chi connectivity index (χ1) is 8.65. The zero-order valence-electron chi connectivity index (χ0n) is 11.5. The van der Waals surface area contributed by atoms with Gasteiger partial charge in [-0.2, -0.15) is 5.10 Å². The second kappa shape index (κ2) is 6.58. The molecule has 0 aromatic carbocycles. The summed E-state index contributed by atoms with van der Waals surface area (Å²) in [7, 11) is 2.10. The van der Waals surface area contributed by atoms with Gasteiger partial charge in [0.15, 0.2) is 0 Å². The highest BCUT2D eigenvalue weighted by Gasteiger charge is 2.16. The first-order valence-corrected chi connectivity index (χ1v) is 7.45. The number of halogens is 1. The maximum Gasteiger partial charge on any atom is 0.0764 e. The minimum absolute atomic E-state index is 0.190. The van der Waals surface area contributed by atoms with Crippen LogP contribution in [0, 0.1) is 0 Å². The van der Waals surface area contributed by atoms with Crippen LogP contribution in [0.1, 0.15) is 50.8 Å². The van der Waals surface area contributed by atoms with Gasteiger partial charge < -0.3 is 0 Å². The lowest BCUT2D eigenvalue weighted by atomic mass is 9.96. The van der Waals surface area contributed by atoms with Gasteiger partial charge in [-0.25, -0.2) is 0 Å². The van der Waals surface area contributed by atoms with Crippen LogP contribution in [0.4, 0.5) is 0 Å². The van der Waals surface area contributed by atoms with Crippen molar-refractivity contribution in [1.29, 1.82) is 0 Å². The molecular weight excluding hydrogens is 246 g/mol. The summed E-state index contributed by atoms with van der Waals surface area (Å²) in [5.41, 5.74) is 1.15. The summed E-state index contributed by atoms with van der Waals surface area (Å²) < 4.78 is 2.17. The summed E-state index contributed by atoms with van der Waals surface area (Å²) in [5.74, 6) is 0. The molecule has 0 spiro atoms. The molecule has 1 fully saturated rings. The number of rotatable bonds is 5. The first kappa shape index (κ1) is 13.9. The molecule has 0 N–H and O–H groups in total. The summed E-state index contributed by atoms with van der Waals surface area (Å²) in [6, 6.07) is 2.77. The highest BCUT2D eigenvalue weighted by atomic mass is 35.5. The van der Waals surface area contributed by atoms with E-state index in [0.29, 0.717) is 6.04 Å². The quantitative estimate of drug-likeness (QED) is 0.764. The number of nitrogens with zero attached hydrogens (tertiary/aromatic N) is 3. The maximum atomic E-state index is 6.00. The Bertz CT molecular complexity index is 356. The van der Waals surface area contributed by atoms with E-state index in [2.05, 4.69) is 28.9 Å². The van der Waals surface area contributed by atoms with Gasteiger partial charge in [-0.1, -0.05) is 19.3 Å². The summed E-state index contributed by atoms with van der Waals surface area (Å²) in [5, 5.41) is 4.90. The van der Waals surface area contributed by atoms with Crippen LogP contribution in [0.15, 0.2) is 12.3 Å². The van der Waals surface area contributed by atoms with Crippen LogP contribution in [-0.4, -0.2) is 33.6 Å². The van der Waals surface area contributed by atoms with Gasteiger partial charge in [0.2, 0.25) is 0 Å². The van der Waals surface area contributed by atoms with Gasteiger partial charge in [0, 0.05) is 24.7 Å². The molecule has 0 amide bonds. The third kappa shape index (κ3) is 3.99. The highest BCUT2D eigenvalue weighted by Crippen LogP contribution is 2.27. The van der Waals surface area contributed by atoms with Crippen molar-refractivity contribution >= 4 is 11.6 Å². The van der Waals surface area contributed by atoms with Gasteiger partial charge in [-0.05, 0) is 32.9 Å². The van der Waals surface area contributed by atoms with Gasteiger partial charge in [0.1, 0.15) is 0 Å². The largest absolute Gasteiger partial charge is 0.299 e. The summed E-state index contributed by atoms with van der Waals surface area (Å²) >= 11 is 6.00. The van der Waals surface area contributed by atoms with Crippen molar-refractivity contribution in [3.05, 3.63) is 18.0 Å². The Labute approximate surface area is 115 Å². The van der Waals surface area contributed by atoms with E-state index < -0.39 is 0 Å². The van der Waals surface area contributed by atoms with Crippen LogP contribution in [0.3, 0.4) is 0 Å². The molecule has 1 aliphatic rings. The molecule has 2 rings (SSSR count). The van der Waals surface area contributed by atoms with E-state index in [0.717, 1.165) is 18.8 Å². The van der Waals surface area contributed by atoms with E-state index in [-0.39, 0.29) is 5.38 Å². The summed E-state index contributed by atoms with van der Waals surface area (Å²) in [4.78, 5) is 2.23. The topological polar surface area (TPSA) is 21.1 Å². The van der Waals surface area contributed by atoms with Crippen LogP contribution in [0.2, 0.25) is 0 Å². The Balaban J connectivity index is 1.89. The van der Waals surface area contributed by atoms with Crippen molar-refractivity contribution < 1.29 is 0 Å². The normalized spacial score (nSPS) is 19.3. The molecule has 18 heavy (non-hydrogen) atoms. The van der Waals surface area contributed by atoms with Crippen LogP contribution in [0.5, 0.6) is 0 Å². The molecule has 4 heteroatoms. The van der Waals surface area contributed by atoms with Crippen LogP contribution in [0.25, 0.3) is 0 Å². The van der Waals surface area contributed by atoms with Gasteiger partial charge in [0.05, 0.1) is 11.7 Å². The Morgan fingerprint density at radius 1 is 1.44 bits per heavy atom. The van der Waals surface area contributed by atoms with Crippen molar-refractivity contribution in [2.24, 2.45) is 0 Å². The molecule has 0 radical (unpaired) electrons. The van der Waals surface area contributed by atoms with Crippen LogP contribution < -0.4 is 0 Å². The van der Waals surface area contributed by atoms with Crippen molar-refractivity contribution in [2.75, 3.05) is 13.6 Å². The van der Waals surface area contributed by atoms with Crippen LogP contribution >= 0.6 is 11.6 Å². The van der Waals surface area contributed by atoms with Crippen molar-refractivity contribution in [2.45, 2.75) is 57.0 Å². The average molecular weight is 270 g/mol. The standard InChI is InChI=1S/C14H24ClN3/c1-12(15)10-17(2)11-13-8-9-18(16-13)14-6-4-3-5-7-14/h8-9,12,14H,3-7,10-11H2,1-2H3. The minimum Gasteiger partial charge on any atom is -0.299 e. The molecule has 0 bridgehead atoms. The molecule has 1 aliphatic carbocycles. The fourth-order valence-corrected chi connectivity index (χ4v) is 3.02. The zero-order valence-corrected chi connectivity index (χ0v) is 12.2. The highest BCUT2D eigenvalue weighted by molar-refractivity contribution is 6.20. The Kier molecular flexibility index (Phi) is 5.07. The number of alkyl halides is 1. The van der Waals surface area contributed by atoms with E-state index >= 15 is 0 Å². The molecule has 102 valence electrons. The second-order valence-corrected chi connectivity index (χ2v) is 6.30. The molecule has 3 nitrogen and oxygen atoms in total. The SMILES string of the molecule is CC(Cl)CN(C)Cc1ccn(C2CCCCC2)n1. The Morgan fingerprint density at radius 3 is 2.83 bits per heavy atom. The van der Waals surface area contributed by atoms with Gasteiger partial charge in [-0.3, -0.25) is 9.58 Å². The third-order valence-electron chi connectivity index (χ3n) is 3.61. The van der Waals surface area contributed by atoms with Crippen molar-refractivity contribution in [3.8, 4) is 0 Å². The van der Waals surface area contributed by atoms with E-state index in [9.17, 15) is 0 Å². The number of hydrogen-bond acceptors (Lipinski definition) is 2. The fraction of sp³-hybridized carbons (Fsp3) is 0.786. The lowest BCUT2D eigenvalue weighted by Gasteiger charge is -2.22. The molecular formula is C14H24ClN3. The molecule has 1 heterocycles. The monoisotopic (exact) mass is 269 g/mol. The maximum absolute atomic E-state index is 6.00. The second-order valence-electron chi connectivity index (χ2n) is 5.56. The Morgan fingerprint density at radius 2 is 2.17 bits per heavy atom. The van der Waals surface area contributed by atoms with E-state index in [1.807, 2.05) is 6.92 Å². The lowest BCUT2D eigenvalue weighted by Crippen LogP contribution is -2.24. The lowest BCUT2D eigenvalue weighted by molar-refractivity contribution is 0.309. The predicted molar refractivity (Wildman–Crippen MR) is 76.0 cm³/mol. The molecule has 1 atom stereocenters. The molecule has 1 aromatic rings. The molecule has 1 saturated carbocycles. The van der Waals surface area contributed by atoms with Gasteiger partial charge >= 0.3 is 0 Å². The van der Waals surface area contributed by atoms with E-state index in [1.165, 1.54) is 32.1 Å². The average Bonchev–Trinajstić information content (AvgIpc) is 2.77. The minimum atomic E-state index is 0.190. The van der Waals surface area contributed by atoms with Gasteiger partial charge in [-0.15, -0.1) is 11.6 Å². The fourth-order valence-electron chi connectivity index (χ4n) is 2.78. The van der Waals surface area contributed by atoms with Crippen LogP contribution in [-0.2, 0) is 6.54 Å². The number of aromatic nitrogens is 2.